The maximum atomic E-state index is 12.0. The van der Waals surface area contributed by atoms with Crippen LogP contribution in [0, 0.1) is 13.8 Å². The molecule has 1 aliphatic rings. The van der Waals surface area contributed by atoms with E-state index in [0.29, 0.717) is 26.2 Å². The number of benzene rings is 1. The van der Waals surface area contributed by atoms with Crippen molar-refractivity contribution in [3.05, 3.63) is 34.9 Å². The van der Waals surface area contributed by atoms with Gasteiger partial charge in [0.1, 0.15) is 6.10 Å². The van der Waals surface area contributed by atoms with Gasteiger partial charge in [-0.3, -0.25) is 4.79 Å². The average Bonchev–Trinajstić information content (AvgIpc) is 2.28. The molecule has 2 rings (SSSR count). The first-order valence-corrected chi connectivity index (χ1v) is 5.94. The van der Waals surface area contributed by atoms with E-state index >= 15 is 0 Å². The van der Waals surface area contributed by atoms with Gasteiger partial charge in [-0.25, -0.2) is 0 Å². The number of Topliss-reactive ketones (excluding diaryl/α,β-unsaturated/α-hetero) is 1. The molecule has 3 nitrogen and oxygen atoms in total. The lowest BCUT2D eigenvalue weighted by Gasteiger charge is -2.21. The minimum Gasteiger partial charge on any atom is -0.376 e. The Hall–Kier alpha value is -1.19. The van der Waals surface area contributed by atoms with Crippen molar-refractivity contribution < 1.29 is 14.3 Å². The normalized spacial score (nSPS) is 20.2. The number of ketones is 1. The molecule has 1 aliphatic heterocycles. The molecule has 92 valence electrons. The molecule has 0 amide bonds. The van der Waals surface area contributed by atoms with Crippen LogP contribution in [0.2, 0.25) is 0 Å². The third-order valence-electron chi connectivity index (χ3n) is 2.83. The molecule has 3 heteroatoms. The van der Waals surface area contributed by atoms with E-state index in [1.807, 2.05) is 13.8 Å². The minimum absolute atomic E-state index is 0.106. The number of aryl methyl sites for hydroxylation is 2. The molecule has 0 spiro atoms. The second-order valence-electron chi connectivity index (χ2n) is 4.57. The smallest absolute Gasteiger partial charge is 0.168 e. The van der Waals surface area contributed by atoms with E-state index in [4.69, 9.17) is 9.47 Å². The third-order valence-corrected chi connectivity index (χ3v) is 2.83. The van der Waals surface area contributed by atoms with Gasteiger partial charge in [0.25, 0.3) is 0 Å². The van der Waals surface area contributed by atoms with Gasteiger partial charge in [-0.2, -0.15) is 0 Å². The van der Waals surface area contributed by atoms with Crippen LogP contribution in [0.1, 0.15) is 16.7 Å². The highest BCUT2D eigenvalue weighted by molar-refractivity contribution is 5.85. The van der Waals surface area contributed by atoms with Gasteiger partial charge in [-0.15, -0.1) is 0 Å². The molecule has 0 N–H and O–H groups in total. The molecule has 0 radical (unpaired) electrons. The summed E-state index contributed by atoms with van der Waals surface area (Å²) in [5, 5.41) is 0. The molecular weight excluding hydrogens is 216 g/mol. The number of ether oxygens (including phenoxy) is 2. The standard InChI is InChI=1S/C14H18O3/c1-10-5-11(2)7-12(6-10)8-13(15)14-9-16-3-4-17-14/h5-7,14H,3-4,8-9H2,1-2H3. The van der Waals surface area contributed by atoms with E-state index in [9.17, 15) is 4.79 Å². The third kappa shape index (κ3) is 3.38. The van der Waals surface area contributed by atoms with Gasteiger partial charge >= 0.3 is 0 Å². The SMILES string of the molecule is Cc1cc(C)cc(CC(=O)C2COCCO2)c1. The molecule has 0 saturated carbocycles. The van der Waals surface area contributed by atoms with E-state index in [-0.39, 0.29) is 11.9 Å². The maximum absolute atomic E-state index is 12.0. The van der Waals surface area contributed by atoms with Gasteiger partial charge in [0, 0.05) is 6.42 Å². The summed E-state index contributed by atoms with van der Waals surface area (Å²) in [4.78, 5) is 12.0. The van der Waals surface area contributed by atoms with Crippen LogP contribution in [0.5, 0.6) is 0 Å². The van der Waals surface area contributed by atoms with Crippen molar-refractivity contribution in [2.75, 3.05) is 19.8 Å². The zero-order chi connectivity index (χ0) is 12.3. The summed E-state index contributed by atoms with van der Waals surface area (Å²) in [6.07, 6.45) is 0.0425. The molecule has 17 heavy (non-hydrogen) atoms. The Balaban J connectivity index is 2.01. The zero-order valence-corrected chi connectivity index (χ0v) is 10.4. The van der Waals surface area contributed by atoms with Crippen molar-refractivity contribution in [2.24, 2.45) is 0 Å². The first kappa shape index (κ1) is 12.3. The summed E-state index contributed by atoms with van der Waals surface area (Å²) in [6.45, 7) is 5.59. The molecule has 1 saturated heterocycles. The van der Waals surface area contributed by atoms with Crippen LogP contribution in [0.4, 0.5) is 0 Å². The fraction of sp³-hybridized carbons (Fsp3) is 0.500. The Kier molecular flexibility index (Phi) is 3.92. The Morgan fingerprint density at radius 3 is 2.53 bits per heavy atom. The Morgan fingerprint density at radius 2 is 1.94 bits per heavy atom. The fourth-order valence-electron chi connectivity index (χ4n) is 2.16. The molecular formula is C14H18O3. The second kappa shape index (κ2) is 5.43. The highest BCUT2D eigenvalue weighted by Gasteiger charge is 2.22. The van der Waals surface area contributed by atoms with E-state index in [1.165, 1.54) is 11.1 Å². The Morgan fingerprint density at radius 1 is 1.24 bits per heavy atom. The monoisotopic (exact) mass is 234 g/mol. The van der Waals surface area contributed by atoms with Crippen molar-refractivity contribution in [3.63, 3.8) is 0 Å². The molecule has 1 heterocycles. The van der Waals surface area contributed by atoms with Crippen LogP contribution in [0.25, 0.3) is 0 Å². The number of hydrogen-bond acceptors (Lipinski definition) is 3. The molecule has 1 atom stereocenters. The predicted octanol–water partition coefficient (Wildman–Crippen LogP) is 1.83. The van der Waals surface area contributed by atoms with Gasteiger partial charge < -0.3 is 9.47 Å². The van der Waals surface area contributed by atoms with Crippen LogP contribution in [0.15, 0.2) is 18.2 Å². The number of hydrogen-bond donors (Lipinski definition) is 0. The lowest BCUT2D eigenvalue weighted by molar-refractivity contribution is -0.144. The second-order valence-corrected chi connectivity index (χ2v) is 4.57. The van der Waals surface area contributed by atoms with Crippen molar-refractivity contribution >= 4 is 5.78 Å². The molecule has 0 aliphatic carbocycles. The predicted molar refractivity (Wildman–Crippen MR) is 65.2 cm³/mol. The molecule has 1 fully saturated rings. The van der Waals surface area contributed by atoms with E-state index < -0.39 is 0 Å². The van der Waals surface area contributed by atoms with E-state index in [0.717, 1.165) is 5.56 Å². The molecule has 1 aromatic carbocycles. The fourth-order valence-corrected chi connectivity index (χ4v) is 2.16. The zero-order valence-electron chi connectivity index (χ0n) is 10.4. The van der Waals surface area contributed by atoms with Crippen LogP contribution in [-0.4, -0.2) is 31.7 Å². The van der Waals surface area contributed by atoms with Gasteiger partial charge in [-0.05, 0) is 19.4 Å². The topological polar surface area (TPSA) is 35.5 Å². The quantitative estimate of drug-likeness (QED) is 0.800. The molecule has 0 aromatic heterocycles. The summed E-state index contributed by atoms with van der Waals surface area (Å²) in [5.41, 5.74) is 3.43. The van der Waals surface area contributed by atoms with Crippen LogP contribution in [0.3, 0.4) is 0 Å². The number of carbonyl (C=O) groups is 1. The lowest BCUT2D eigenvalue weighted by Crippen LogP contribution is -2.36. The van der Waals surface area contributed by atoms with Crippen LogP contribution >= 0.6 is 0 Å². The van der Waals surface area contributed by atoms with Crippen molar-refractivity contribution in [2.45, 2.75) is 26.4 Å². The maximum Gasteiger partial charge on any atom is 0.168 e. The summed E-state index contributed by atoms with van der Waals surface area (Å²) in [7, 11) is 0. The minimum atomic E-state index is -0.385. The van der Waals surface area contributed by atoms with E-state index in [1.54, 1.807) is 0 Å². The summed E-state index contributed by atoms with van der Waals surface area (Å²) in [5.74, 6) is 0.106. The molecule has 0 bridgehead atoms. The lowest BCUT2D eigenvalue weighted by atomic mass is 10.0. The number of carbonyl (C=O) groups excluding carboxylic acids is 1. The van der Waals surface area contributed by atoms with Crippen molar-refractivity contribution in [1.29, 1.82) is 0 Å². The van der Waals surface area contributed by atoms with Crippen molar-refractivity contribution in [1.82, 2.24) is 0 Å². The van der Waals surface area contributed by atoms with Gasteiger partial charge in [0.15, 0.2) is 5.78 Å². The van der Waals surface area contributed by atoms with Crippen molar-refractivity contribution in [3.8, 4) is 0 Å². The van der Waals surface area contributed by atoms with Gasteiger partial charge in [0.2, 0.25) is 0 Å². The molecule has 1 unspecified atom stereocenters. The summed E-state index contributed by atoms with van der Waals surface area (Å²) in [6, 6.07) is 6.21. The largest absolute Gasteiger partial charge is 0.376 e. The Bertz CT molecular complexity index is 386. The number of rotatable bonds is 3. The van der Waals surface area contributed by atoms with Crippen LogP contribution < -0.4 is 0 Å². The first-order valence-electron chi connectivity index (χ1n) is 5.94. The highest BCUT2D eigenvalue weighted by atomic mass is 16.6. The van der Waals surface area contributed by atoms with E-state index in [2.05, 4.69) is 18.2 Å². The average molecular weight is 234 g/mol. The van der Waals surface area contributed by atoms with Crippen LogP contribution in [-0.2, 0) is 20.7 Å². The van der Waals surface area contributed by atoms with Gasteiger partial charge in [0.05, 0.1) is 19.8 Å². The summed E-state index contributed by atoms with van der Waals surface area (Å²) >= 11 is 0. The van der Waals surface area contributed by atoms with Gasteiger partial charge in [-0.1, -0.05) is 29.3 Å². The molecule has 1 aromatic rings. The Labute approximate surface area is 102 Å². The highest BCUT2D eigenvalue weighted by Crippen LogP contribution is 2.12. The first-order chi connectivity index (χ1) is 8.15. The summed E-state index contributed by atoms with van der Waals surface area (Å²) < 4.78 is 10.6.